The van der Waals surface area contributed by atoms with Crippen LogP contribution in [0.3, 0.4) is 0 Å². The van der Waals surface area contributed by atoms with E-state index in [1.165, 1.54) is 0 Å². The number of anilines is 6. The summed E-state index contributed by atoms with van der Waals surface area (Å²) in [7, 11) is -8.73. The van der Waals surface area contributed by atoms with E-state index in [1.54, 1.807) is 48.5 Å². The van der Waals surface area contributed by atoms with Gasteiger partial charge in [-0.3, -0.25) is 0 Å². The second-order valence-electron chi connectivity index (χ2n) is 8.24. The van der Waals surface area contributed by atoms with E-state index in [9.17, 15) is 25.9 Å². The fraction of sp³-hybridized carbons (Fsp3) is 0.250. The maximum Gasteiger partial charge on any atom is 1.00 e. The Morgan fingerprint density at radius 3 is 1.24 bits per heavy atom. The molecule has 0 aliphatic rings. The van der Waals surface area contributed by atoms with Crippen molar-refractivity contribution in [2.24, 2.45) is 0 Å². The van der Waals surface area contributed by atoms with Crippen LogP contribution in [0.15, 0.2) is 72.8 Å². The Morgan fingerprint density at radius 1 is 0.579 bits per heavy atom. The molecule has 0 aliphatic heterocycles. The molecule has 3 aromatic rings. The van der Waals surface area contributed by atoms with Crippen LogP contribution < -0.4 is 124 Å². The van der Waals surface area contributed by atoms with E-state index in [4.69, 9.17) is 11.5 Å². The third-order valence-corrected chi connectivity index (χ3v) is 6.99. The zero-order valence-corrected chi connectivity index (χ0v) is 29.4. The summed E-state index contributed by atoms with van der Waals surface area (Å²) < 4.78 is 66.9. The SMILES string of the molecule is Nc1ccc(N(CCCS(=O)(=O)[O-])c2cccc(N(CCCS(=O)(=O)[O-])c3ccc(N)cc3)c2)cc1.[K+].[K+]. The number of nitrogens with zero attached hydrogens (tertiary/aromatic N) is 2. The number of rotatable bonds is 12. The van der Waals surface area contributed by atoms with Gasteiger partial charge in [0.15, 0.2) is 0 Å². The van der Waals surface area contributed by atoms with Crippen LogP contribution in [-0.4, -0.2) is 50.5 Å². The third-order valence-electron chi connectivity index (χ3n) is 5.41. The van der Waals surface area contributed by atoms with Crippen molar-refractivity contribution < 1.29 is 129 Å². The topological polar surface area (TPSA) is 173 Å². The van der Waals surface area contributed by atoms with Gasteiger partial charge in [0.05, 0.1) is 20.2 Å². The maximum atomic E-state index is 11.2. The first kappa shape index (κ1) is 36.0. The van der Waals surface area contributed by atoms with Crippen molar-refractivity contribution in [3.05, 3.63) is 72.8 Å². The Balaban J connectivity index is 0.00000361. The predicted molar refractivity (Wildman–Crippen MR) is 141 cm³/mol. The van der Waals surface area contributed by atoms with Crippen LogP contribution in [0.25, 0.3) is 0 Å². The Kier molecular flexibility index (Phi) is 15.5. The Labute approximate surface area is 309 Å². The van der Waals surface area contributed by atoms with E-state index in [2.05, 4.69) is 0 Å². The summed E-state index contributed by atoms with van der Waals surface area (Å²) >= 11 is 0. The molecule has 0 fully saturated rings. The van der Waals surface area contributed by atoms with E-state index >= 15 is 0 Å². The zero-order valence-electron chi connectivity index (χ0n) is 21.5. The van der Waals surface area contributed by atoms with Gasteiger partial charge in [0.25, 0.3) is 0 Å². The second-order valence-corrected chi connectivity index (χ2v) is 11.3. The van der Waals surface area contributed by atoms with Crippen LogP contribution >= 0.6 is 0 Å². The average molecular weight is 611 g/mol. The molecule has 0 spiro atoms. The summed E-state index contributed by atoms with van der Waals surface area (Å²) in [5.74, 6) is -1.00. The smallest absolute Gasteiger partial charge is 0.748 e. The van der Waals surface area contributed by atoms with Crippen molar-refractivity contribution in [1.82, 2.24) is 0 Å². The van der Waals surface area contributed by atoms with Gasteiger partial charge in [-0.15, -0.1) is 0 Å². The molecule has 0 saturated heterocycles. The maximum absolute atomic E-state index is 11.2. The second kappa shape index (κ2) is 16.4. The van der Waals surface area contributed by atoms with Gasteiger partial charge in [0, 0.05) is 58.7 Å². The molecule has 0 aliphatic carbocycles. The molecule has 10 nitrogen and oxygen atoms in total. The van der Waals surface area contributed by atoms with Gasteiger partial charge in [-0.2, -0.15) is 0 Å². The van der Waals surface area contributed by atoms with Gasteiger partial charge in [0.2, 0.25) is 0 Å². The zero-order chi connectivity index (χ0) is 26.3. The number of hydrogen-bond acceptors (Lipinski definition) is 10. The quantitative estimate of drug-likeness (QED) is 0.122. The number of hydrogen-bond donors (Lipinski definition) is 2. The Bertz CT molecular complexity index is 1270. The van der Waals surface area contributed by atoms with Gasteiger partial charge in [-0.25, -0.2) is 16.8 Å². The standard InChI is InChI=1S/C24H30N4O6S2.2K/c25-19-6-10-21(11-7-19)27(14-2-16-35(29,30)31)23-4-1-5-24(18-23)28(15-3-17-36(32,33)34)22-12-8-20(26)9-13-22;;/h1,4-13,18H,2-3,14-17,25-26H2,(H,29,30,31)(H,32,33,34);;/q;2*+1/p-2. The van der Waals surface area contributed by atoms with Crippen molar-refractivity contribution in [2.45, 2.75) is 12.8 Å². The van der Waals surface area contributed by atoms with Crippen molar-refractivity contribution >= 4 is 54.4 Å². The van der Waals surface area contributed by atoms with Gasteiger partial charge >= 0.3 is 103 Å². The molecule has 0 amide bonds. The molecule has 3 aromatic carbocycles. The molecular weight excluding hydrogens is 583 g/mol. The summed E-state index contributed by atoms with van der Waals surface area (Å²) in [5.41, 5.74) is 15.7. The van der Waals surface area contributed by atoms with E-state index in [0.29, 0.717) is 11.4 Å². The van der Waals surface area contributed by atoms with Crippen LogP contribution in [0.5, 0.6) is 0 Å². The average Bonchev–Trinajstić information content (AvgIpc) is 2.80. The summed E-state index contributed by atoms with van der Waals surface area (Å²) in [6.45, 7) is 0.510. The number of nitrogens with two attached hydrogens (primary N) is 2. The molecule has 0 bridgehead atoms. The molecule has 0 atom stereocenters. The molecule has 3 rings (SSSR count). The minimum Gasteiger partial charge on any atom is -0.748 e. The van der Waals surface area contributed by atoms with Crippen molar-refractivity contribution in [1.29, 1.82) is 0 Å². The molecule has 0 unspecified atom stereocenters. The fourth-order valence-corrected chi connectivity index (χ4v) is 4.72. The largest absolute Gasteiger partial charge is 1.00 e. The molecule has 4 N–H and O–H groups in total. The van der Waals surface area contributed by atoms with Crippen molar-refractivity contribution in [2.75, 3.05) is 45.9 Å². The van der Waals surface area contributed by atoms with E-state index in [-0.39, 0.29) is 129 Å². The summed E-state index contributed by atoms with van der Waals surface area (Å²) in [6, 6.07) is 21.4. The first-order valence-corrected chi connectivity index (χ1v) is 14.3. The normalized spacial score (nSPS) is 11.2. The molecule has 38 heavy (non-hydrogen) atoms. The van der Waals surface area contributed by atoms with E-state index in [1.807, 2.05) is 34.1 Å². The van der Waals surface area contributed by atoms with Gasteiger partial charge in [-0.05, 0) is 79.6 Å². The van der Waals surface area contributed by atoms with Crippen molar-refractivity contribution in [3.8, 4) is 0 Å². The van der Waals surface area contributed by atoms with Crippen LogP contribution in [0, 0.1) is 0 Å². The Hall–Kier alpha value is -0.0473. The van der Waals surface area contributed by atoms with Gasteiger partial charge < -0.3 is 30.4 Å². The number of nitrogen functional groups attached to an aromatic ring is 2. The third kappa shape index (κ3) is 12.2. The first-order chi connectivity index (χ1) is 16.9. The van der Waals surface area contributed by atoms with Crippen LogP contribution in [0.1, 0.15) is 12.8 Å². The minimum absolute atomic E-state index is 0. The van der Waals surface area contributed by atoms with E-state index in [0.717, 1.165) is 22.7 Å². The van der Waals surface area contributed by atoms with Crippen LogP contribution in [-0.2, 0) is 20.2 Å². The predicted octanol–water partition coefficient (Wildman–Crippen LogP) is -2.99. The summed E-state index contributed by atoms with van der Waals surface area (Å²) in [6.07, 6.45) is 0.229. The van der Waals surface area contributed by atoms with Gasteiger partial charge in [0.1, 0.15) is 0 Å². The molecule has 0 saturated carbocycles. The Morgan fingerprint density at radius 2 is 0.921 bits per heavy atom. The van der Waals surface area contributed by atoms with Crippen LogP contribution in [0.2, 0.25) is 0 Å². The minimum atomic E-state index is -4.36. The summed E-state index contributed by atoms with van der Waals surface area (Å²) in [4.78, 5) is 3.74. The molecule has 14 heteroatoms. The fourth-order valence-electron chi connectivity index (χ4n) is 3.75. The van der Waals surface area contributed by atoms with E-state index < -0.39 is 31.7 Å². The monoisotopic (exact) mass is 610 g/mol. The number of benzene rings is 3. The first-order valence-electron chi connectivity index (χ1n) is 11.1. The molecule has 0 heterocycles. The molecular formula is C24H28K2N4O6S2. The van der Waals surface area contributed by atoms with Crippen molar-refractivity contribution in [3.63, 3.8) is 0 Å². The van der Waals surface area contributed by atoms with Gasteiger partial charge in [-0.1, -0.05) is 6.07 Å². The molecule has 194 valence electrons. The van der Waals surface area contributed by atoms with Crippen LogP contribution in [0.4, 0.5) is 34.1 Å². The summed E-state index contributed by atoms with van der Waals surface area (Å²) in [5, 5.41) is 0. The molecule has 0 aromatic heterocycles. The molecule has 0 radical (unpaired) electrons.